The van der Waals surface area contributed by atoms with E-state index in [-0.39, 0.29) is 12.4 Å². The van der Waals surface area contributed by atoms with Crippen LogP contribution in [-0.4, -0.2) is 44.4 Å². The summed E-state index contributed by atoms with van der Waals surface area (Å²) in [5.41, 5.74) is 1.28. The molecule has 0 aliphatic carbocycles. The first-order valence-electron chi connectivity index (χ1n) is 5.63. The van der Waals surface area contributed by atoms with E-state index < -0.39 is 6.09 Å². The summed E-state index contributed by atoms with van der Waals surface area (Å²) in [5.74, 6) is 0.922. The van der Waals surface area contributed by atoms with Crippen molar-refractivity contribution in [3.05, 3.63) is 29.8 Å². The largest absolute Gasteiger partial charge is 0.497 e. The van der Waals surface area contributed by atoms with Gasteiger partial charge in [0, 0.05) is 13.1 Å². The number of methoxy groups -OCH3 is 1. The van der Waals surface area contributed by atoms with Crippen molar-refractivity contribution in [2.75, 3.05) is 28.3 Å². The van der Waals surface area contributed by atoms with Crippen LogP contribution in [0.3, 0.4) is 0 Å². The molecule has 0 bridgehead atoms. The van der Waals surface area contributed by atoms with E-state index >= 15 is 0 Å². The Hall–Kier alpha value is -1.46. The van der Waals surface area contributed by atoms with E-state index in [9.17, 15) is 4.79 Å². The van der Waals surface area contributed by atoms with Gasteiger partial charge in [0.2, 0.25) is 0 Å². The molecule has 1 unspecified atom stereocenters. The quantitative estimate of drug-likeness (QED) is 0.898. The third-order valence-electron chi connectivity index (χ3n) is 2.56. The highest BCUT2D eigenvalue weighted by Crippen LogP contribution is 2.21. The number of nitrogens with one attached hydrogen (secondary N) is 1. The monoisotopic (exact) mass is 290 g/mol. The van der Waals surface area contributed by atoms with Crippen molar-refractivity contribution < 1.29 is 14.6 Å². The molecule has 0 heterocycles. The van der Waals surface area contributed by atoms with Gasteiger partial charge in [-0.3, -0.25) is 0 Å². The fraction of sp³-hybridized carbons (Fsp3) is 0.462. The number of halogens is 1. The van der Waals surface area contributed by atoms with Crippen LogP contribution in [0.15, 0.2) is 24.3 Å². The molecule has 2 N–H and O–H groups in total. The summed E-state index contributed by atoms with van der Waals surface area (Å²) in [5, 5.41) is 9.56. The number of amides is 1. The zero-order valence-electron chi connectivity index (χ0n) is 12.0. The van der Waals surface area contributed by atoms with E-state index in [0.717, 1.165) is 5.75 Å². The molecule has 6 heteroatoms. The summed E-state index contributed by atoms with van der Waals surface area (Å²) in [7, 11) is 7.19. The Balaban J connectivity index is 0. The van der Waals surface area contributed by atoms with Gasteiger partial charge in [0.15, 0.2) is 0 Å². The molecule has 1 rings (SSSR count). The number of carbonyl (C=O) groups is 1. The molecule has 0 radical (unpaired) electrons. The molecule has 1 aromatic carbocycles. The van der Waals surface area contributed by atoms with Crippen LogP contribution in [0.1, 0.15) is 18.5 Å². The molecule has 0 aliphatic heterocycles. The van der Waals surface area contributed by atoms with Gasteiger partial charge in [0.1, 0.15) is 5.75 Å². The molecule has 0 saturated carbocycles. The molecule has 0 fully saturated rings. The number of nitrogens with zero attached hydrogens (tertiary/aromatic N) is 1. The highest BCUT2D eigenvalue weighted by atomic mass is 35.5. The van der Waals surface area contributed by atoms with Gasteiger partial charge >= 0.3 is 6.09 Å². The van der Waals surface area contributed by atoms with Crippen LogP contribution in [0.2, 0.25) is 0 Å². The maximum atomic E-state index is 9.26. The highest BCUT2D eigenvalue weighted by Gasteiger charge is 2.07. The number of hydrogen-bond donors (Lipinski definition) is 2. The molecule has 0 aliphatic rings. The zero-order valence-corrected chi connectivity index (χ0v) is 12.8. The first-order chi connectivity index (χ1) is 8.42. The number of ether oxygens (including phenoxy) is 1. The lowest BCUT2D eigenvalue weighted by Gasteiger charge is -2.20. The first kappa shape index (κ1) is 19.9. The van der Waals surface area contributed by atoms with Gasteiger partial charge in [0.25, 0.3) is 0 Å². The number of benzene rings is 1. The van der Waals surface area contributed by atoms with Crippen molar-refractivity contribution in [2.24, 2.45) is 0 Å². The average molecular weight is 291 g/mol. The second-order valence-electron chi connectivity index (χ2n) is 3.97. The molecule has 5 nitrogen and oxygen atoms in total. The number of hydrogen-bond acceptors (Lipinski definition) is 3. The minimum absolute atomic E-state index is 0. The summed E-state index contributed by atoms with van der Waals surface area (Å²) in [6.07, 6.45) is -0.995. The van der Waals surface area contributed by atoms with Crippen molar-refractivity contribution >= 4 is 18.5 Å². The maximum absolute atomic E-state index is 9.26. The van der Waals surface area contributed by atoms with Crippen LogP contribution in [0.4, 0.5) is 4.79 Å². The Morgan fingerprint density at radius 3 is 2.32 bits per heavy atom. The summed E-state index contributed by atoms with van der Waals surface area (Å²) in [6.45, 7) is 2.18. The van der Waals surface area contributed by atoms with Gasteiger partial charge in [0.05, 0.1) is 7.11 Å². The van der Waals surface area contributed by atoms with E-state index in [1.54, 1.807) is 7.11 Å². The van der Waals surface area contributed by atoms with Gasteiger partial charge in [-0.1, -0.05) is 12.1 Å². The fourth-order valence-corrected chi connectivity index (χ4v) is 1.20. The van der Waals surface area contributed by atoms with Gasteiger partial charge in [-0.25, -0.2) is 4.79 Å². The van der Waals surface area contributed by atoms with E-state index in [2.05, 4.69) is 38.1 Å². The summed E-state index contributed by atoms with van der Waals surface area (Å²) in [6, 6.07) is 8.60. The first-order valence-corrected chi connectivity index (χ1v) is 5.63. The lowest BCUT2D eigenvalue weighted by atomic mass is 10.1. The summed E-state index contributed by atoms with van der Waals surface area (Å²) >= 11 is 0. The molecule has 1 amide bonds. The van der Waals surface area contributed by atoms with Gasteiger partial charge in [-0.05, 0) is 38.7 Å². The average Bonchev–Trinajstić information content (AvgIpc) is 2.38. The molecule has 19 heavy (non-hydrogen) atoms. The predicted octanol–water partition coefficient (Wildman–Crippen LogP) is 2.62. The van der Waals surface area contributed by atoms with Gasteiger partial charge in [-0.2, -0.15) is 0 Å². The number of rotatable bonds is 3. The molecule has 0 aromatic heterocycles. The molecular formula is C13H23ClN2O3. The normalized spacial score (nSPS) is 10.6. The lowest BCUT2D eigenvalue weighted by Crippen LogP contribution is -2.16. The van der Waals surface area contributed by atoms with Crippen molar-refractivity contribution in [3.63, 3.8) is 0 Å². The highest BCUT2D eigenvalue weighted by molar-refractivity contribution is 5.85. The van der Waals surface area contributed by atoms with Crippen LogP contribution in [0.5, 0.6) is 5.75 Å². The van der Waals surface area contributed by atoms with Crippen molar-refractivity contribution in [2.45, 2.75) is 13.0 Å². The smallest absolute Gasteiger partial charge is 0.404 e. The summed E-state index contributed by atoms with van der Waals surface area (Å²) < 4.78 is 5.17. The van der Waals surface area contributed by atoms with Crippen molar-refractivity contribution in [3.8, 4) is 5.75 Å². The van der Waals surface area contributed by atoms with Crippen LogP contribution in [0, 0.1) is 0 Å². The van der Waals surface area contributed by atoms with Gasteiger partial charge in [-0.15, -0.1) is 12.4 Å². The van der Waals surface area contributed by atoms with Crippen molar-refractivity contribution in [1.82, 2.24) is 10.2 Å². The predicted molar refractivity (Wildman–Crippen MR) is 79.4 cm³/mol. The Bertz CT molecular complexity index is 373. The minimum Gasteiger partial charge on any atom is -0.497 e. The lowest BCUT2D eigenvalue weighted by molar-refractivity contribution is 0.197. The van der Waals surface area contributed by atoms with Crippen LogP contribution >= 0.6 is 12.4 Å². The molecular weight excluding hydrogens is 268 g/mol. The number of carboxylic acid groups (broad SMARTS) is 1. The molecule has 0 spiro atoms. The molecule has 1 aromatic rings. The Morgan fingerprint density at radius 1 is 1.42 bits per heavy atom. The maximum Gasteiger partial charge on any atom is 0.404 e. The SMILES string of the molecule is CNC(=O)O.COc1cccc(C(C)N(C)C)c1.Cl. The van der Waals surface area contributed by atoms with Crippen molar-refractivity contribution in [1.29, 1.82) is 0 Å². The molecule has 1 atom stereocenters. The molecule has 110 valence electrons. The fourth-order valence-electron chi connectivity index (χ4n) is 1.20. The second kappa shape index (κ2) is 10.5. The second-order valence-corrected chi connectivity index (χ2v) is 3.97. The van der Waals surface area contributed by atoms with Crippen LogP contribution < -0.4 is 10.1 Å². The van der Waals surface area contributed by atoms with Crippen LogP contribution in [0.25, 0.3) is 0 Å². The van der Waals surface area contributed by atoms with E-state index in [4.69, 9.17) is 9.84 Å². The molecule has 0 saturated heterocycles. The third kappa shape index (κ3) is 8.29. The Kier molecular flexibility index (Phi) is 10.9. The van der Waals surface area contributed by atoms with Gasteiger partial charge < -0.3 is 20.1 Å². The van der Waals surface area contributed by atoms with E-state index in [1.165, 1.54) is 12.6 Å². The standard InChI is InChI=1S/C11H17NO.C2H5NO2.ClH/c1-9(12(2)3)10-6-5-7-11(8-10)13-4;1-3-2(4)5;/h5-9H,1-4H3;3H,1H3,(H,4,5);1H. The van der Waals surface area contributed by atoms with E-state index in [1.807, 2.05) is 17.4 Å². The Morgan fingerprint density at radius 2 is 1.95 bits per heavy atom. The van der Waals surface area contributed by atoms with E-state index in [0.29, 0.717) is 6.04 Å². The van der Waals surface area contributed by atoms with Crippen LogP contribution in [-0.2, 0) is 0 Å². The minimum atomic E-state index is -0.995. The zero-order chi connectivity index (χ0) is 14.1. The Labute approximate surface area is 121 Å². The summed E-state index contributed by atoms with van der Waals surface area (Å²) in [4.78, 5) is 11.4. The topological polar surface area (TPSA) is 61.8 Å². The third-order valence-corrected chi connectivity index (χ3v) is 2.56.